The smallest absolute Gasteiger partial charge is 0.220 e. The van der Waals surface area contributed by atoms with Gasteiger partial charge < -0.3 is 4.74 Å². The maximum Gasteiger partial charge on any atom is 0.220 e. The summed E-state index contributed by atoms with van der Waals surface area (Å²) < 4.78 is 70.7. The Labute approximate surface area is 395 Å². The third-order valence-electron chi connectivity index (χ3n) is 13.8. The Morgan fingerprint density at radius 3 is 1.64 bits per heavy atom. The summed E-state index contributed by atoms with van der Waals surface area (Å²) in [5.41, 5.74) is 7.39. The van der Waals surface area contributed by atoms with Crippen molar-refractivity contribution in [2.75, 3.05) is 0 Å². The second kappa shape index (κ2) is 14.0. The fraction of sp³-hybridized carbons (Fsp3) is 0.0508. The number of benzene rings is 9. The van der Waals surface area contributed by atoms with Gasteiger partial charge >= 0.3 is 0 Å². The van der Waals surface area contributed by atoms with E-state index in [0.717, 1.165) is 87.8 Å². The Hall–Kier alpha value is -8.46. The first-order valence-corrected chi connectivity index (χ1v) is 24.4. The molecular formula is C59H42N6OSi. The van der Waals surface area contributed by atoms with Crippen LogP contribution in [0.3, 0.4) is 0 Å². The van der Waals surface area contributed by atoms with Gasteiger partial charge in [-0.1, -0.05) is 159 Å². The number of ether oxygens (including phenoxy) is 1. The van der Waals surface area contributed by atoms with E-state index in [1.165, 1.54) is 0 Å². The molecule has 0 amide bonds. The Morgan fingerprint density at radius 1 is 0.433 bits per heavy atom. The number of fused-ring (bicyclic) bond motifs is 12. The molecule has 0 aliphatic carbocycles. The predicted molar refractivity (Wildman–Crippen MR) is 275 cm³/mol. The van der Waals surface area contributed by atoms with Crippen LogP contribution in [0.25, 0.3) is 67.1 Å². The summed E-state index contributed by atoms with van der Waals surface area (Å²) in [5, 5.41) is 3.70. The van der Waals surface area contributed by atoms with Gasteiger partial charge in [0.05, 0.1) is 49.8 Å². The number of rotatable bonds is 6. The van der Waals surface area contributed by atoms with Gasteiger partial charge in [-0.05, 0) is 93.5 Å². The van der Waals surface area contributed by atoms with Crippen molar-refractivity contribution in [2.45, 2.75) is 19.1 Å². The molecule has 67 heavy (non-hydrogen) atoms. The summed E-state index contributed by atoms with van der Waals surface area (Å²) in [7, 11) is -3.63. The molecule has 14 rings (SSSR count). The van der Waals surface area contributed by atoms with Crippen LogP contribution in [0.4, 0.5) is 0 Å². The number of aromatic nitrogens is 6. The van der Waals surface area contributed by atoms with Gasteiger partial charge in [-0.25, -0.2) is 9.97 Å². The molecule has 9 aromatic carbocycles. The molecule has 0 saturated heterocycles. The van der Waals surface area contributed by atoms with Crippen molar-refractivity contribution in [3.63, 3.8) is 0 Å². The lowest BCUT2D eigenvalue weighted by molar-refractivity contribution is 0.421. The maximum atomic E-state index is 9.14. The van der Waals surface area contributed by atoms with Crippen molar-refractivity contribution in [2.24, 2.45) is 0 Å². The van der Waals surface area contributed by atoms with Crippen LogP contribution >= 0.6 is 0 Å². The molecule has 0 spiro atoms. The SMILES string of the molecule is [2H]C([2H])([2H])C1(C([2H])([2H])[2H])c2ccccc2Oc2c1cccc2[Si](c1ccccc1)(c1ccccc1)c1cccc(-n2c3ccccc3n3c4cc(-n5c6ccccc6n6c7ccccc7nc56)ccc4nc23)c1. The van der Waals surface area contributed by atoms with E-state index in [-0.39, 0.29) is 22.6 Å². The third-order valence-corrected chi connectivity index (χ3v) is 18.6. The summed E-state index contributed by atoms with van der Waals surface area (Å²) in [4.78, 5) is 10.6. The normalized spacial score (nSPS) is 15.2. The number of hydrogen-bond donors (Lipinski definition) is 0. The van der Waals surface area contributed by atoms with Crippen molar-refractivity contribution in [3.8, 4) is 22.9 Å². The first-order chi connectivity index (χ1) is 35.5. The van der Waals surface area contributed by atoms with E-state index >= 15 is 0 Å². The molecule has 0 fully saturated rings. The molecule has 0 atom stereocenters. The zero-order valence-electron chi connectivity index (χ0n) is 41.9. The molecule has 0 unspecified atom stereocenters. The second-order valence-corrected chi connectivity index (χ2v) is 21.1. The van der Waals surface area contributed by atoms with Gasteiger partial charge in [0.15, 0.2) is 8.07 Å². The summed E-state index contributed by atoms with van der Waals surface area (Å²) in [6.45, 7) is -6.00. The maximum absolute atomic E-state index is 9.14. The molecule has 318 valence electrons. The largest absolute Gasteiger partial charge is 0.457 e. The van der Waals surface area contributed by atoms with E-state index in [2.05, 4.69) is 133 Å². The highest BCUT2D eigenvalue weighted by atomic mass is 28.3. The van der Waals surface area contributed by atoms with Crippen molar-refractivity contribution in [3.05, 3.63) is 230 Å². The standard InChI is InChI=1S/C59H42N6OSi/c1-59(2)44-25-9-16-33-54(44)66-56-45(59)26-18-34-55(56)67(41-20-5-3-6-21-41,42-22-7-4-8-23-42)43-24-17-19-39(37-43)62-50-30-13-15-32-52(50)65-53-38-40(35-36-47(53)61-58(62)65)63-49-29-12-14-31-51(49)64-48-28-11-10-27-46(48)60-57(63)64/h3-38H,1-2H3/i1D3,2D3. The molecular weight excluding hydrogens is 837 g/mol. The van der Waals surface area contributed by atoms with Crippen LogP contribution in [0.15, 0.2) is 218 Å². The lowest BCUT2D eigenvalue weighted by Crippen LogP contribution is -2.75. The zero-order valence-corrected chi connectivity index (χ0v) is 36.9. The van der Waals surface area contributed by atoms with E-state index in [9.17, 15) is 0 Å². The Bertz CT molecular complexity index is 4310. The highest BCUT2D eigenvalue weighted by molar-refractivity contribution is 7.20. The van der Waals surface area contributed by atoms with Gasteiger partial charge in [0.25, 0.3) is 0 Å². The van der Waals surface area contributed by atoms with E-state index in [4.69, 9.17) is 22.9 Å². The monoisotopic (exact) mass is 884 g/mol. The fourth-order valence-electron chi connectivity index (χ4n) is 11.0. The highest BCUT2D eigenvalue weighted by Crippen LogP contribution is 2.47. The highest BCUT2D eigenvalue weighted by Gasteiger charge is 2.47. The van der Waals surface area contributed by atoms with E-state index in [1.54, 1.807) is 36.4 Å². The minimum atomic E-state index is -3.63. The lowest BCUT2D eigenvalue weighted by Gasteiger charge is -2.40. The van der Waals surface area contributed by atoms with Crippen LogP contribution in [-0.2, 0) is 5.41 Å². The van der Waals surface area contributed by atoms with Crippen molar-refractivity contribution < 1.29 is 13.0 Å². The van der Waals surface area contributed by atoms with Crippen LogP contribution in [0, 0.1) is 0 Å². The first kappa shape index (κ1) is 32.2. The number of hydrogen-bond acceptors (Lipinski definition) is 3. The molecule has 8 heteroatoms. The average Bonchev–Trinajstić information content (AvgIpc) is 4.15. The van der Waals surface area contributed by atoms with Crippen molar-refractivity contribution in [1.29, 1.82) is 0 Å². The molecule has 0 saturated carbocycles. The summed E-state index contributed by atoms with van der Waals surface area (Å²) in [6, 6.07) is 72.6. The Balaban J connectivity index is 1.03. The molecule has 5 heterocycles. The van der Waals surface area contributed by atoms with E-state index in [0.29, 0.717) is 0 Å². The molecule has 13 aromatic rings. The first-order valence-electron chi connectivity index (χ1n) is 25.4. The minimum absolute atomic E-state index is 0.111. The van der Waals surface area contributed by atoms with E-state index < -0.39 is 27.2 Å². The van der Waals surface area contributed by atoms with Gasteiger partial charge in [0.2, 0.25) is 11.6 Å². The quantitative estimate of drug-likeness (QED) is 0.123. The van der Waals surface area contributed by atoms with Crippen molar-refractivity contribution >= 4 is 84.5 Å². The topological polar surface area (TPSA) is 53.7 Å². The molecule has 7 nitrogen and oxygen atoms in total. The van der Waals surface area contributed by atoms with E-state index in [1.807, 2.05) is 66.7 Å². The van der Waals surface area contributed by atoms with Gasteiger partial charge in [-0.3, -0.25) is 17.9 Å². The van der Waals surface area contributed by atoms with Crippen molar-refractivity contribution in [1.82, 2.24) is 27.9 Å². The molecule has 0 bridgehead atoms. The lowest BCUT2D eigenvalue weighted by atomic mass is 9.76. The third kappa shape index (κ3) is 5.21. The van der Waals surface area contributed by atoms with Gasteiger partial charge in [-0.2, -0.15) is 0 Å². The van der Waals surface area contributed by atoms with Gasteiger partial charge in [0, 0.05) is 30.5 Å². The minimum Gasteiger partial charge on any atom is -0.457 e. The second-order valence-electron chi connectivity index (χ2n) is 17.4. The summed E-state index contributed by atoms with van der Waals surface area (Å²) >= 11 is 0. The number of nitrogens with zero attached hydrogens (tertiary/aromatic N) is 6. The molecule has 4 aromatic heterocycles. The van der Waals surface area contributed by atoms with Crippen LogP contribution in [0.5, 0.6) is 11.5 Å². The number of imidazole rings is 4. The van der Waals surface area contributed by atoms with Crippen LogP contribution in [-0.4, -0.2) is 36.0 Å². The summed E-state index contributed by atoms with van der Waals surface area (Å²) in [5.74, 6) is 2.00. The van der Waals surface area contributed by atoms with Gasteiger partial charge in [-0.15, -0.1) is 0 Å². The van der Waals surface area contributed by atoms with Gasteiger partial charge in [0.1, 0.15) is 11.5 Å². The molecule has 0 radical (unpaired) electrons. The summed E-state index contributed by atoms with van der Waals surface area (Å²) in [6.07, 6.45) is 0. The predicted octanol–water partition coefficient (Wildman–Crippen LogP) is 11.0. The zero-order chi connectivity index (χ0) is 49.4. The Morgan fingerprint density at radius 2 is 0.955 bits per heavy atom. The fourth-order valence-corrected chi connectivity index (χ4v) is 15.9. The van der Waals surface area contributed by atoms with Crippen LogP contribution < -0.4 is 25.5 Å². The average molecular weight is 885 g/mol. The molecule has 1 aliphatic rings. The van der Waals surface area contributed by atoms with Crippen LogP contribution in [0.1, 0.15) is 33.1 Å². The number of para-hydroxylation sites is 8. The molecule has 1 aliphatic heterocycles. The Kier molecular flexibility index (Phi) is 6.74. The molecule has 0 N–H and O–H groups in total. The van der Waals surface area contributed by atoms with Crippen LogP contribution in [0.2, 0.25) is 0 Å².